The SMILES string of the molecule is CC[n+]1cccc(-c2nc3cc(C)c(C)cc3o2)c1. The molecular weight excluding hydrogens is 236 g/mol. The summed E-state index contributed by atoms with van der Waals surface area (Å²) in [4.78, 5) is 4.58. The highest BCUT2D eigenvalue weighted by Crippen LogP contribution is 2.25. The lowest BCUT2D eigenvalue weighted by Gasteiger charge is -1.96. The van der Waals surface area contributed by atoms with Gasteiger partial charge in [-0.25, -0.2) is 9.55 Å². The Bertz CT molecular complexity index is 705. The molecular formula is C16H17N2O+. The first-order valence-electron chi connectivity index (χ1n) is 6.54. The van der Waals surface area contributed by atoms with E-state index >= 15 is 0 Å². The van der Waals surface area contributed by atoms with Crippen LogP contribution in [0.2, 0.25) is 0 Å². The van der Waals surface area contributed by atoms with Crippen LogP contribution in [0.15, 0.2) is 41.1 Å². The molecule has 0 unspecified atom stereocenters. The second-order valence-electron chi connectivity index (χ2n) is 4.85. The fraction of sp³-hybridized carbons (Fsp3) is 0.250. The largest absolute Gasteiger partial charge is 0.436 e. The molecule has 0 bridgehead atoms. The molecule has 19 heavy (non-hydrogen) atoms. The summed E-state index contributed by atoms with van der Waals surface area (Å²) in [6, 6.07) is 8.17. The Kier molecular flexibility index (Phi) is 2.82. The van der Waals surface area contributed by atoms with Crippen LogP contribution in [0.4, 0.5) is 0 Å². The van der Waals surface area contributed by atoms with E-state index in [1.165, 1.54) is 11.1 Å². The summed E-state index contributed by atoms with van der Waals surface area (Å²) in [5.41, 5.74) is 5.25. The van der Waals surface area contributed by atoms with Gasteiger partial charge in [0.05, 0.1) is 0 Å². The molecule has 0 fully saturated rings. The van der Waals surface area contributed by atoms with Crippen molar-refractivity contribution in [2.24, 2.45) is 0 Å². The van der Waals surface area contributed by atoms with Crippen molar-refractivity contribution in [3.8, 4) is 11.5 Å². The fourth-order valence-corrected chi connectivity index (χ4v) is 2.15. The normalized spacial score (nSPS) is 11.1. The van der Waals surface area contributed by atoms with Gasteiger partial charge in [0.15, 0.2) is 18.0 Å². The Morgan fingerprint density at radius 2 is 2.00 bits per heavy atom. The molecule has 0 aliphatic carbocycles. The van der Waals surface area contributed by atoms with Crippen LogP contribution in [-0.4, -0.2) is 4.98 Å². The number of aryl methyl sites for hydroxylation is 3. The van der Waals surface area contributed by atoms with E-state index in [9.17, 15) is 0 Å². The molecule has 96 valence electrons. The van der Waals surface area contributed by atoms with E-state index in [4.69, 9.17) is 4.42 Å². The molecule has 0 saturated carbocycles. The lowest BCUT2D eigenvalue weighted by molar-refractivity contribution is -0.693. The fourth-order valence-electron chi connectivity index (χ4n) is 2.15. The third-order valence-electron chi connectivity index (χ3n) is 3.47. The lowest BCUT2D eigenvalue weighted by Crippen LogP contribution is -2.30. The van der Waals surface area contributed by atoms with Gasteiger partial charge in [0.1, 0.15) is 17.6 Å². The third kappa shape index (κ3) is 2.12. The van der Waals surface area contributed by atoms with Gasteiger partial charge in [-0.15, -0.1) is 0 Å². The molecule has 2 aromatic heterocycles. The number of oxazole rings is 1. The first kappa shape index (κ1) is 11.9. The summed E-state index contributed by atoms with van der Waals surface area (Å²) in [6.07, 6.45) is 4.10. The van der Waals surface area contributed by atoms with Crippen molar-refractivity contribution in [1.29, 1.82) is 0 Å². The van der Waals surface area contributed by atoms with Crippen molar-refractivity contribution < 1.29 is 8.98 Å². The number of hydrogen-bond acceptors (Lipinski definition) is 2. The van der Waals surface area contributed by atoms with Crippen LogP contribution in [0.3, 0.4) is 0 Å². The highest BCUT2D eigenvalue weighted by Gasteiger charge is 2.12. The van der Waals surface area contributed by atoms with Gasteiger partial charge in [-0.3, -0.25) is 0 Å². The summed E-state index contributed by atoms with van der Waals surface area (Å²) in [5, 5.41) is 0. The van der Waals surface area contributed by atoms with Gasteiger partial charge in [0, 0.05) is 6.07 Å². The summed E-state index contributed by atoms with van der Waals surface area (Å²) >= 11 is 0. The van der Waals surface area contributed by atoms with Crippen molar-refractivity contribution in [3.63, 3.8) is 0 Å². The van der Waals surface area contributed by atoms with Gasteiger partial charge in [-0.05, 0) is 50.1 Å². The minimum absolute atomic E-state index is 0.683. The molecule has 3 nitrogen and oxygen atoms in total. The van der Waals surface area contributed by atoms with Crippen LogP contribution in [0, 0.1) is 13.8 Å². The molecule has 0 radical (unpaired) electrons. The highest BCUT2D eigenvalue weighted by molar-refractivity contribution is 5.77. The zero-order valence-corrected chi connectivity index (χ0v) is 11.5. The Hall–Kier alpha value is -2.16. The van der Waals surface area contributed by atoms with Crippen LogP contribution in [-0.2, 0) is 6.54 Å². The number of fused-ring (bicyclic) bond motifs is 1. The Morgan fingerprint density at radius 1 is 1.21 bits per heavy atom. The van der Waals surface area contributed by atoms with E-state index in [1.807, 2.05) is 18.3 Å². The molecule has 3 rings (SSSR count). The topological polar surface area (TPSA) is 29.9 Å². The van der Waals surface area contributed by atoms with Crippen molar-refractivity contribution in [2.45, 2.75) is 27.3 Å². The van der Waals surface area contributed by atoms with E-state index in [2.05, 4.69) is 48.7 Å². The number of nitrogens with zero attached hydrogens (tertiary/aromatic N) is 2. The summed E-state index contributed by atoms with van der Waals surface area (Å²) in [5.74, 6) is 0.683. The van der Waals surface area contributed by atoms with E-state index in [-0.39, 0.29) is 0 Å². The molecule has 0 aliphatic heterocycles. The molecule has 0 aliphatic rings. The number of pyridine rings is 1. The quantitative estimate of drug-likeness (QED) is 0.655. The number of aromatic nitrogens is 2. The number of hydrogen-bond donors (Lipinski definition) is 0. The predicted octanol–water partition coefficient (Wildman–Crippen LogP) is 3.42. The van der Waals surface area contributed by atoms with Gasteiger partial charge >= 0.3 is 0 Å². The second kappa shape index (κ2) is 4.50. The molecule has 0 spiro atoms. The van der Waals surface area contributed by atoms with E-state index in [0.29, 0.717) is 5.89 Å². The minimum Gasteiger partial charge on any atom is -0.436 e. The number of benzene rings is 1. The van der Waals surface area contributed by atoms with Crippen LogP contribution < -0.4 is 4.57 Å². The lowest BCUT2D eigenvalue weighted by atomic mass is 10.1. The van der Waals surface area contributed by atoms with E-state index in [1.54, 1.807) is 0 Å². The van der Waals surface area contributed by atoms with Crippen LogP contribution >= 0.6 is 0 Å². The predicted molar refractivity (Wildman–Crippen MR) is 74.8 cm³/mol. The second-order valence-corrected chi connectivity index (χ2v) is 4.85. The summed E-state index contributed by atoms with van der Waals surface area (Å²) in [7, 11) is 0. The maximum absolute atomic E-state index is 5.86. The molecule has 1 aromatic carbocycles. The Labute approximate surface area is 112 Å². The molecule has 2 heterocycles. The van der Waals surface area contributed by atoms with Crippen LogP contribution in [0.25, 0.3) is 22.6 Å². The van der Waals surface area contributed by atoms with Crippen molar-refractivity contribution >= 4 is 11.1 Å². The van der Waals surface area contributed by atoms with Crippen molar-refractivity contribution in [2.75, 3.05) is 0 Å². The van der Waals surface area contributed by atoms with Crippen LogP contribution in [0.5, 0.6) is 0 Å². The molecule has 0 saturated heterocycles. The molecule has 0 amide bonds. The van der Waals surface area contributed by atoms with E-state index < -0.39 is 0 Å². The minimum atomic E-state index is 0.683. The van der Waals surface area contributed by atoms with Crippen molar-refractivity contribution in [1.82, 2.24) is 4.98 Å². The molecule has 0 atom stereocenters. The average Bonchev–Trinajstić information content (AvgIpc) is 2.82. The Balaban J connectivity index is 2.14. The molecule has 0 N–H and O–H groups in total. The standard InChI is InChI=1S/C16H17N2O/c1-4-18-7-5-6-13(10-18)16-17-14-8-11(2)12(3)9-15(14)19-16/h5-10H,4H2,1-3H3/q+1. The summed E-state index contributed by atoms with van der Waals surface area (Å²) in [6.45, 7) is 7.23. The van der Waals surface area contributed by atoms with Gasteiger partial charge in [-0.1, -0.05) is 0 Å². The zero-order chi connectivity index (χ0) is 13.4. The van der Waals surface area contributed by atoms with Crippen LogP contribution in [0.1, 0.15) is 18.1 Å². The highest BCUT2D eigenvalue weighted by atomic mass is 16.3. The maximum atomic E-state index is 5.86. The molecule has 3 heteroatoms. The Morgan fingerprint density at radius 3 is 2.79 bits per heavy atom. The zero-order valence-electron chi connectivity index (χ0n) is 11.5. The van der Waals surface area contributed by atoms with Gasteiger partial charge in [-0.2, -0.15) is 0 Å². The molecule has 3 aromatic rings. The van der Waals surface area contributed by atoms with Gasteiger partial charge < -0.3 is 4.42 Å². The van der Waals surface area contributed by atoms with Gasteiger partial charge in [0.2, 0.25) is 5.89 Å². The third-order valence-corrected chi connectivity index (χ3v) is 3.47. The van der Waals surface area contributed by atoms with Crippen molar-refractivity contribution in [3.05, 3.63) is 47.8 Å². The first-order valence-corrected chi connectivity index (χ1v) is 6.54. The van der Waals surface area contributed by atoms with E-state index in [0.717, 1.165) is 23.2 Å². The maximum Gasteiger partial charge on any atom is 0.233 e. The smallest absolute Gasteiger partial charge is 0.233 e. The average molecular weight is 253 g/mol. The summed E-state index contributed by atoms with van der Waals surface area (Å²) < 4.78 is 7.98. The number of rotatable bonds is 2. The van der Waals surface area contributed by atoms with Gasteiger partial charge in [0.25, 0.3) is 0 Å². The first-order chi connectivity index (χ1) is 9.17. The monoisotopic (exact) mass is 253 g/mol.